The Morgan fingerprint density at radius 1 is 1.05 bits per heavy atom. The van der Waals surface area contributed by atoms with E-state index in [2.05, 4.69) is 58.9 Å². The number of nitriles is 1. The van der Waals surface area contributed by atoms with Gasteiger partial charge in [-0.05, 0) is 53.8 Å². The minimum absolute atomic E-state index is 0.180. The number of rotatable bonds is 12. The Hall–Kier alpha value is -4.71. The van der Waals surface area contributed by atoms with Crippen LogP contribution in [0.15, 0.2) is 79.1 Å². The van der Waals surface area contributed by atoms with Gasteiger partial charge >= 0.3 is 5.97 Å². The molecule has 8 nitrogen and oxygen atoms in total. The smallest absolute Gasteiger partial charge is 0.323 e. The van der Waals surface area contributed by atoms with Crippen molar-refractivity contribution in [2.75, 3.05) is 11.9 Å². The van der Waals surface area contributed by atoms with E-state index in [0.29, 0.717) is 17.9 Å². The van der Waals surface area contributed by atoms with Crippen molar-refractivity contribution >= 4 is 11.7 Å². The molecule has 1 heterocycles. The summed E-state index contributed by atoms with van der Waals surface area (Å²) in [6.07, 6.45) is 3.13. The van der Waals surface area contributed by atoms with E-state index in [4.69, 9.17) is 4.74 Å². The molecule has 0 spiro atoms. The van der Waals surface area contributed by atoms with Crippen LogP contribution in [0.5, 0.6) is 5.75 Å². The van der Waals surface area contributed by atoms with Gasteiger partial charge in [-0.3, -0.25) is 15.1 Å². The lowest BCUT2D eigenvalue weighted by Gasteiger charge is -2.19. The predicted molar refractivity (Wildman–Crippen MR) is 154 cm³/mol. The number of aromatic nitrogens is 1. The molecule has 3 aromatic carbocycles. The Morgan fingerprint density at radius 3 is 2.58 bits per heavy atom. The van der Waals surface area contributed by atoms with Crippen LogP contribution in [-0.2, 0) is 24.5 Å². The second-order valence-electron chi connectivity index (χ2n) is 9.52. The van der Waals surface area contributed by atoms with Crippen LogP contribution in [0.3, 0.4) is 0 Å². The van der Waals surface area contributed by atoms with Gasteiger partial charge in [-0.25, -0.2) is 0 Å². The minimum Gasteiger partial charge on any atom is -0.488 e. The van der Waals surface area contributed by atoms with Crippen molar-refractivity contribution in [2.45, 2.75) is 39.6 Å². The zero-order chi connectivity index (χ0) is 28.5. The second-order valence-corrected chi connectivity index (χ2v) is 9.52. The first-order chi connectivity index (χ1) is 19.4. The molecular weight excluding hydrogens is 504 g/mol. The lowest BCUT2D eigenvalue weighted by Crippen LogP contribution is -2.39. The first-order valence-corrected chi connectivity index (χ1v) is 12.9. The number of aliphatic hydroxyl groups is 1. The van der Waals surface area contributed by atoms with Crippen LogP contribution in [0, 0.1) is 25.2 Å². The van der Waals surface area contributed by atoms with E-state index in [9.17, 15) is 20.3 Å². The summed E-state index contributed by atoms with van der Waals surface area (Å²) in [5.41, 5.74) is 8.42. The van der Waals surface area contributed by atoms with Crippen molar-refractivity contribution in [3.63, 3.8) is 0 Å². The van der Waals surface area contributed by atoms with Crippen LogP contribution in [0.2, 0.25) is 0 Å². The number of aliphatic carboxylic acids is 1. The van der Waals surface area contributed by atoms with E-state index in [1.54, 1.807) is 12.3 Å². The molecule has 1 aromatic heterocycles. The third-order valence-electron chi connectivity index (χ3n) is 6.77. The summed E-state index contributed by atoms with van der Waals surface area (Å²) in [6.45, 7) is 4.49. The first-order valence-electron chi connectivity index (χ1n) is 12.9. The highest BCUT2D eigenvalue weighted by atomic mass is 16.5. The summed E-state index contributed by atoms with van der Waals surface area (Å²) in [5, 5.41) is 34.4. The number of carboxylic acid groups (broad SMARTS) is 1. The zero-order valence-electron chi connectivity index (χ0n) is 22.5. The number of pyridine rings is 1. The zero-order valence-corrected chi connectivity index (χ0v) is 22.5. The maximum atomic E-state index is 11.4. The molecule has 0 saturated heterocycles. The molecule has 8 heteroatoms. The number of hydrogen-bond donors (Lipinski definition) is 4. The summed E-state index contributed by atoms with van der Waals surface area (Å²) in [7, 11) is 0. The normalized spacial score (nSPS) is 11.4. The van der Waals surface area contributed by atoms with E-state index in [1.165, 1.54) is 28.5 Å². The number of ether oxygens (including phenoxy) is 1. The minimum atomic E-state index is -1.13. The molecule has 0 aliphatic heterocycles. The highest BCUT2D eigenvalue weighted by Gasteiger charge is 2.18. The third-order valence-corrected chi connectivity index (χ3v) is 6.77. The topological polar surface area (TPSA) is 128 Å². The number of nitrogens with zero attached hydrogens (tertiary/aromatic N) is 2. The number of hydrogen-bond acceptors (Lipinski definition) is 7. The fourth-order valence-corrected chi connectivity index (χ4v) is 4.49. The molecule has 0 aliphatic carbocycles. The average Bonchev–Trinajstić information content (AvgIpc) is 2.97. The van der Waals surface area contributed by atoms with E-state index >= 15 is 0 Å². The van der Waals surface area contributed by atoms with Crippen molar-refractivity contribution in [3.05, 3.63) is 113 Å². The van der Waals surface area contributed by atoms with E-state index in [1.807, 2.05) is 37.3 Å². The molecule has 0 radical (unpaired) electrons. The summed E-state index contributed by atoms with van der Waals surface area (Å²) in [5.74, 6) is -0.567. The third kappa shape index (κ3) is 7.03. The first kappa shape index (κ1) is 28.3. The molecule has 0 amide bonds. The Balaban J connectivity index is 1.58. The lowest BCUT2D eigenvalue weighted by molar-refractivity contribution is -0.140. The van der Waals surface area contributed by atoms with Crippen LogP contribution >= 0.6 is 0 Å². The number of nitrogens with one attached hydrogen (secondary N) is 2. The van der Waals surface area contributed by atoms with Gasteiger partial charge < -0.3 is 20.3 Å². The predicted octanol–water partition coefficient (Wildman–Crippen LogP) is 4.96. The molecule has 1 unspecified atom stereocenters. The molecule has 0 bridgehead atoms. The average molecular weight is 537 g/mol. The lowest BCUT2D eigenvalue weighted by atomic mass is 9.96. The van der Waals surface area contributed by atoms with Crippen molar-refractivity contribution in [2.24, 2.45) is 0 Å². The van der Waals surface area contributed by atoms with Crippen molar-refractivity contribution in [1.82, 2.24) is 10.3 Å². The molecule has 0 saturated carbocycles. The quantitative estimate of drug-likeness (QED) is 0.200. The van der Waals surface area contributed by atoms with Crippen molar-refractivity contribution < 1.29 is 19.7 Å². The molecule has 0 fully saturated rings. The van der Waals surface area contributed by atoms with Gasteiger partial charge in [0.1, 0.15) is 24.5 Å². The maximum absolute atomic E-state index is 11.4. The number of carboxylic acids is 1. The van der Waals surface area contributed by atoms with Gasteiger partial charge in [0.25, 0.3) is 0 Å². The van der Waals surface area contributed by atoms with Crippen LogP contribution in [-0.4, -0.2) is 33.8 Å². The molecule has 1 atom stereocenters. The fraction of sp³-hybridized carbons (Fsp3) is 0.219. The van der Waals surface area contributed by atoms with Gasteiger partial charge in [-0.2, -0.15) is 5.26 Å². The number of carbonyl (C=O) groups is 1. The summed E-state index contributed by atoms with van der Waals surface area (Å²) in [4.78, 5) is 15.5. The summed E-state index contributed by atoms with van der Waals surface area (Å²) in [6, 6.07) is 23.2. The SMILES string of the molecule is Cc1cc(NCc2cccc(-c3ccccc3)c2C)cc(OCc2cncc(C#N)c2)c1CNC(CO)C(=O)O. The molecule has 204 valence electrons. The molecule has 40 heavy (non-hydrogen) atoms. The van der Waals surface area contributed by atoms with Crippen LogP contribution < -0.4 is 15.4 Å². The van der Waals surface area contributed by atoms with E-state index < -0.39 is 18.6 Å². The number of benzene rings is 3. The Bertz CT molecular complexity index is 1520. The maximum Gasteiger partial charge on any atom is 0.323 e. The molecule has 4 N–H and O–H groups in total. The highest BCUT2D eigenvalue weighted by molar-refractivity contribution is 5.73. The van der Waals surface area contributed by atoms with Crippen molar-refractivity contribution in [1.29, 1.82) is 5.26 Å². The van der Waals surface area contributed by atoms with Crippen LogP contribution in [0.4, 0.5) is 5.69 Å². The van der Waals surface area contributed by atoms with Crippen LogP contribution in [0.25, 0.3) is 11.1 Å². The summed E-state index contributed by atoms with van der Waals surface area (Å²) < 4.78 is 6.18. The van der Waals surface area contributed by atoms with E-state index in [-0.39, 0.29) is 13.2 Å². The number of aryl methyl sites for hydroxylation is 1. The Kier molecular flexibility index (Phi) is 9.47. The largest absolute Gasteiger partial charge is 0.488 e. The molecule has 4 rings (SSSR count). The Morgan fingerprint density at radius 2 is 1.85 bits per heavy atom. The molecule has 4 aromatic rings. The highest BCUT2D eigenvalue weighted by Crippen LogP contribution is 2.30. The van der Waals surface area contributed by atoms with Gasteiger partial charge in [0.15, 0.2) is 0 Å². The fourth-order valence-electron chi connectivity index (χ4n) is 4.49. The second kappa shape index (κ2) is 13.4. The van der Waals surface area contributed by atoms with Crippen LogP contribution in [0.1, 0.15) is 33.4 Å². The monoisotopic (exact) mass is 536 g/mol. The standard InChI is InChI=1S/C32H32N4O4/c1-21-11-27(35-17-26-9-6-10-28(22(26)2)25-7-4-3-5-8-25)13-31(29(21)18-36-30(19-37)32(38)39)40-20-24-12-23(14-33)15-34-16-24/h3-13,15-16,30,35-37H,17-20H2,1-2H3,(H,38,39). The molecular formula is C32H32N4O4. The van der Waals surface area contributed by atoms with Gasteiger partial charge in [0.05, 0.1) is 12.2 Å². The van der Waals surface area contributed by atoms with Gasteiger partial charge in [-0.15, -0.1) is 0 Å². The number of aliphatic hydroxyl groups excluding tert-OH is 1. The van der Waals surface area contributed by atoms with Gasteiger partial charge in [-0.1, -0.05) is 48.5 Å². The Labute approximate surface area is 233 Å². The molecule has 0 aliphatic rings. The summed E-state index contributed by atoms with van der Waals surface area (Å²) >= 11 is 0. The van der Waals surface area contributed by atoms with Gasteiger partial charge in [0, 0.05) is 48.4 Å². The van der Waals surface area contributed by atoms with Crippen molar-refractivity contribution in [3.8, 4) is 22.9 Å². The van der Waals surface area contributed by atoms with E-state index in [0.717, 1.165) is 22.4 Å². The number of anilines is 1. The van der Waals surface area contributed by atoms with Gasteiger partial charge in [0.2, 0.25) is 0 Å².